The van der Waals surface area contributed by atoms with E-state index in [0.717, 1.165) is 27.9 Å². The average Bonchev–Trinajstić information content (AvgIpc) is 2.46. The first-order valence-corrected chi connectivity index (χ1v) is 6.01. The van der Waals surface area contributed by atoms with Gasteiger partial charge in [0.2, 0.25) is 0 Å². The van der Waals surface area contributed by atoms with E-state index in [2.05, 4.69) is 4.98 Å². The molecule has 3 nitrogen and oxygen atoms in total. The summed E-state index contributed by atoms with van der Waals surface area (Å²) in [4.78, 5) is 4.57. The van der Waals surface area contributed by atoms with Crippen molar-refractivity contribution in [3.8, 4) is 22.8 Å². The summed E-state index contributed by atoms with van der Waals surface area (Å²) in [7, 11) is 1.64. The summed E-state index contributed by atoms with van der Waals surface area (Å²) in [5, 5.41) is 10.9. The van der Waals surface area contributed by atoms with Gasteiger partial charge in [-0.15, -0.1) is 0 Å². The Kier molecular flexibility index (Phi) is 2.80. The number of para-hydroxylation sites is 1. The molecular formula is C16H13NO2. The van der Waals surface area contributed by atoms with Crippen LogP contribution in [0.25, 0.3) is 22.2 Å². The molecular weight excluding hydrogens is 238 g/mol. The van der Waals surface area contributed by atoms with E-state index in [9.17, 15) is 5.11 Å². The molecule has 2 aromatic carbocycles. The minimum atomic E-state index is 0.239. The quantitative estimate of drug-likeness (QED) is 0.756. The maximum Gasteiger partial charge on any atom is 0.124 e. The lowest BCUT2D eigenvalue weighted by atomic mass is 10.1. The van der Waals surface area contributed by atoms with Crippen LogP contribution in [0, 0.1) is 0 Å². The third-order valence-corrected chi connectivity index (χ3v) is 3.08. The van der Waals surface area contributed by atoms with Crippen molar-refractivity contribution >= 4 is 10.9 Å². The Morgan fingerprint density at radius 1 is 1.00 bits per heavy atom. The van der Waals surface area contributed by atoms with E-state index in [0.29, 0.717) is 0 Å². The Balaban J connectivity index is 2.15. The van der Waals surface area contributed by atoms with Crippen molar-refractivity contribution in [2.24, 2.45) is 0 Å². The Labute approximate surface area is 111 Å². The maximum atomic E-state index is 9.86. The first-order valence-electron chi connectivity index (χ1n) is 6.01. The van der Waals surface area contributed by atoms with Crippen LogP contribution < -0.4 is 4.74 Å². The molecule has 19 heavy (non-hydrogen) atoms. The largest absolute Gasteiger partial charge is 0.507 e. The molecule has 3 aromatic rings. The fourth-order valence-corrected chi connectivity index (χ4v) is 2.07. The summed E-state index contributed by atoms with van der Waals surface area (Å²) >= 11 is 0. The number of nitrogens with zero attached hydrogens (tertiary/aromatic N) is 1. The zero-order valence-corrected chi connectivity index (χ0v) is 10.5. The molecule has 0 unspecified atom stereocenters. The lowest BCUT2D eigenvalue weighted by molar-refractivity contribution is 0.415. The predicted molar refractivity (Wildman–Crippen MR) is 75.4 cm³/mol. The Bertz CT molecular complexity index is 738. The van der Waals surface area contributed by atoms with Crippen LogP contribution in [0.1, 0.15) is 0 Å². The van der Waals surface area contributed by atoms with Gasteiger partial charge in [0.05, 0.1) is 18.3 Å². The number of pyridine rings is 1. The Hall–Kier alpha value is -2.55. The number of phenols is 1. The highest BCUT2D eigenvalue weighted by molar-refractivity contribution is 5.83. The number of hydrogen-bond donors (Lipinski definition) is 1. The normalized spacial score (nSPS) is 10.6. The molecule has 0 spiro atoms. The summed E-state index contributed by atoms with van der Waals surface area (Å²) < 4.78 is 5.19. The maximum absolute atomic E-state index is 9.86. The van der Waals surface area contributed by atoms with Gasteiger partial charge >= 0.3 is 0 Å². The van der Waals surface area contributed by atoms with Crippen LogP contribution in [0.3, 0.4) is 0 Å². The van der Waals surface area contributed by atoms with E-state index in [4.69, 9.17) is 4.74 Å². The fraction of sp³-hybridized carbons (Fsp3) is 0.0625. The molecule has 0 aliphatic rings. The highest BCUT2D eigenvalue weighted by atomic mass is 16.5. The molecule has 1 heterocycles. The molecule has 0 atom stereocenters. The van der Waals surface area contributed by atoms with E-state index in [1.165, 1.54) is 0 Å². The summed E-state index contributed by atoms with van der Waals surface area (Å²) in [6.07, 6.45) is 0. The SMILES string of the molecule is COc1ccc2nc(-c3ccccc3O)ccc2c1. The van der Waals surface area contributed by atoms with Gasteiger partial charge in [-0.1, -0.05) is 18.2 Å². The van der Waals surface area contributed by atoms with Gasteiger partial charge in [0.15, 0.2) is 0 Å². The molecule has 3 rings (SSSR count). The molecule has 3 heteroatoms. The van der Waals surface area contributed by atoms with Crippen molar-refractivity contribution < 1.29 is 9.84 Å². The second-order valence-electron chi connectivity index (χ2n) is 4.27. The lowest BCUT2D eigenvalue weighted by Gasteiger charge is -2.06. The van der Waals surface area contributed by atoms with Gasteiger partial charge in [-0.3, -0.25) is 0 Å². The lowest BCUT2D eigenvalue weighted by Crippen LogP contribution is -1.87. The van der Waals surface area contributed by atoms with Crippen LogP contribution in [0.2, 0.25) is 0 Å². The van der Waals surface area contributed by atoms with Gasteiger partial charge in [-0.25, -0.2) is 4.98 Å². The van der Waals surface area contributed by atoms with Crippen molar-refractivity contribution in [2.75, 3.05) is 7.11 Å². The molecule has 0 aliphatic carbocycles. The molecule has 1 N–H and O–H groups in total. The fourth-order valence-electron chi connectivity index (χ4n) is 2.07. The van der Waals surface area contributed by atoms with Crippen molar-refractivity contribution in [3.63, 3.8) is 0 Å². The summed E-state index contributed by atoms with van der Waals surface area (Å²) in [5.41, 5.74) is 2.37. The number of aromatic nitrogens is 1. The van der Waals surface area contributed by atoms with E-state index in [1.807, 2.05) is 42.5 Å². The number of rotatable bonds is 2. The average molecular weight is 251 g/mol. The first-order chi connectivity index (χ1) is 9.28. The van der Waals surface area contributed by atoms with Crippen LogP contribution >= 0.6 is 0 Å². The smallest absolute Gasteiger partial charge is 0.124 e. The Morgan fingerprint density at radius 2 is 1.84 bits per heavy atom. The molecule has 0 saturated heterocycles. The number of phenolic OH excluding ortho intramolecular Hbond substituents is 1. The standard InChI is InChI=1S/C16H13NO2/c1-19-12-7-9-14-11(10-12)6-8-15(17-14)13-4-2-3-5-16(13)18/h2-10,18H,1H3. The number of ether oxygens (including phenoxy) is 1. The first kappa shape index (κ1) is 11.5. The number of benzene rings is 2. The highest BCUT2D eigenvalue weighted by Crippen LogP contribution is 2.29. The van der Waals surface area contributed by atoms with E-state index in [-0.39, 0.29) is 5.75 Å². The van der Waals surface area contributed by atoms with Crippen LogP contribution in [-0.4, -0.2) is 17.2 Å². The van der Waals surface area contributed by atoms with Gasteiger partial charge in [-0.05, 0) is 36.4 Å². The molecule has 94 valence electrons. The zero-order valence-electron chi connectivity index (χ0n) is 10.5. The van der Waals surface area contributed by atoms with Gasteiger partial charge in [0.25, 0.3) is 0 Å². The Morgan fingerprint density at radius 3 is 2.63 bits per heavy atom. The molecule has 1 aromatic heterocycles. The van der Waals surface area contributed by atoms with Gasteiger partial charge in [-0.2, -0.15) is 0 Å². The van der Waals surface area contributed by atoms with Crippen LogP contribution in [-0.2, 0) is 0 Å². The summed E-state index contributed by atoms with van der Waals surface area (Å²) in [6, 6.07) is 16.8. The number of methoxy groups -OCH3 is 1. The second-order valence-corrected chi connectivity index (χ2v) is 4.27. The highest BCUT2D eigenvalue weighted by Gasteiger charge is 2.06. The predicted octanol–water partition coefficient (Wildman–Crippen LogP) is 3.62. The minimum Gasteiger partial charge on any atom is -0.507 e. The molecule has 0 bridgehead atoms. The zero-order chi connectivity index (χ0) is 13.2. The summed E-state index contributed by atoms with van der Waals surface area (Å²) in [6.45, 7) is 0. The van der Waals surface area contributed by atoms with Crippen molar-refractivity contribution in [2.45, 2.75) is 0 Å². The van der Waals surface area contributed by atoms with E-state index >= 15 is 0 Å². The van der Waals surface area contributed by atoms with Crippen molar-refractivity contribution in [1.82, 2.24) is 4.98 Å². The number of aromatic hydroxyl groups is 1. The van der Waals surface area contributed by atoms with Crippen LogP contribution in [0.5, 0.6) is 11.5 Å². The number of hydrogen-bond acceptors (Lipinski definition) is 3. The molecule has 0 aliphatic heterocycles. The topological polar surface area (TPSA) is 42.4 Å². The van der Waals surface area contributed by atoms with Crippen LogP contribution in [0.4, 0.5) is 0 Å². The van der Waals surface area contributed by atoms with Crippen molar-refractivity contribution in [1.29, 1.82) is 0 Å². The molecule has 0 fully saturated rings. The van der Waals surface area contributed by atoms with E-state index in [1.54, 1.807) is 19.2 Å². The minimum absolute atomic E-state index is 0.239. The monoisotopic (exact) mass is 251 g/mol. The molecule has 0 amide bonds. The second kappa shape index (κ2) is 4.61. The van der Waals surface area contributed by atoms with Gasteiger partial charge in [0.1, 0.15) is 11.5 Å². The van der Waals surface area contributed by atoms with Crippen molar-refractivity contribution in [3.05, 3.63) is 54.6 Å². The third-order valence-electron chi connectivity index (χ3n) is 3.08. The molecule has 0 saturated carbocycles. The van der Waals surface area contributed by atoms with Gasteiger partial charge < -0.3 is 9.84 Å². The number of fused-ring (bicyclic) bond motifs is 1. The van der Waals surface area contributed by atoms with Crippen LogP contribution in [0.15, 0.2) is 54.6 Å². The van der Waals surface area contributed by atoms with E-state index < -0.39 is 0 Å². The van der Waals surface area contributed by atoms with Gasteiger partial charge in [0, 0.05) is 10.9 Å². The third kappa shape index (κ3) is 2.10. The molecule has 0 radical (unpaired) electrons. The summed E-state index contributed by atoms with van der Waals surface area (Å²) in [5.74, 6) is 1.05.